The van der Waals surface area contributed by atoms with Gasteiger partial charge >= 0.3 is 5.69 Å². The second-order valence-electron chi connectivity index (χ2n) is 10.8. The number of hydrogen-bond acceptors (Lipinski definition) is 10. The molecule has 226 valence electrons. The standard InChI is InChI=1S/C23H30N8O.C6H6N2O3/c1-29(2)22(32)19-13-16-14-26-23(28-21(16)31(19)17-5-3-4-6-17)27-20-8-7-18(15-25-20)30-11-9-24-10-12-30;1-3(9)4-2-5(10)8-6(11)7-4/h7-8,13-15,17,24H,3-6,9-12H2,1-2H3,(H,25,26,27,28);2H,1H3,(H2,7,8,10,11). The quantitative estimate of drug-likeness (QED) is 0.244. The minimum atomic E-state index is -0.664. The Kier molecular flexibility index (Phi) is 8.95. The van der Waals surface area contributed by atoms with Crippen LogP contribution in [0.4, 0.5) is 17.5 Å². The molecule has 0 bridgehead atoms. The first-order chi connectivity index (χ1) is 20.7. The highest BCUT2D eigenvalue weighted by Crippen LogP contribution is 2.35. The number of Topliss-reactive ketones (excluding diaryl/α,β-unsaturated/α-hetero) is 1. The number of aromatic amines is 2. The Hall–Kier alpha value is -4.85. The summed E-state index contributed by atoms with van der Waals surface area (Å²) in [4.78, 5) is 66.5. The second kappa shape index (κ2) is 13.0. The summed E-state index contributed by atoms with van der Waals surface area (Å²) in [6, 6.07) is 7.30. The fourth-order valence-electron chi connectivity index (χ4n) is 5.34. The lowest BCUT2D eigenvalue weighted by Gasteiger charge is -2.29. The maximum Gasteiger partial charge on any atom is 0.326 e. The van der Waals surface area contributed by atoms with E-state index in [9.17, 15) is 19.2 Å². The Bertz CT molecular complexity index is 1680. The molecule has 0 aromatic carbocycles. The number of rotatable bonds is 6. The second-order valence-corrected chi connectivity index (χ2v) is 10.8. The molecule has 0 atom stereocenters. The van der Waals surface area contributed by atoms with E-state index in [1.807, 2.05) is 23.3 Å². The smallest absolute Gasteiger partial charge is 0.326 e. The van der Waals surface area contributed by atoms with Crippen molar-refractivity contribution in [3.8, 4) is 0 Å². The van der Waals surface area contributed by atoms with Gasteiger partial charge in [0.25, 0.3) is 11.5 Å². The van der Waals surface area contributed by atoms with Gasteiger partial charge in [-0.2, -0.15) is 4.98 Å². The Balaban J connectivity index is 0.000000283. The van der Waals surface area contributed by atoms with E-state index in [1.54, 1.807) is 25.2 Å². The lowest BCUT2D eigenvalue weighted by molar-refractivity contribution is 0.0815. The Morgan fingerprint density at radius 2 is 1.74 bits per heavy atom. The zero-order chi connectivity index (χ0) is 30.5. The van der Waals surface area contributed by atoms with Gasteiger partial charge in [-0.3, -0.25) is 19.4 Å². The first kappa shape index (κ1) is 29.6. The molecule has 0 unspecified atom stereocenters. The van der Waals surface area contributed by atoms with Crippen LogP contribution in [0.15, 0.2) is 46.2 Å². The van der Waals surface area contributed by atoms with Gasteiger partial charge in [0.2, 0.25) is 5.95 Å². The predicted octanol–water partition coefficient (Wildman–Crippen LogP) is 2.06. The average molecular weight is 589 g/mol. The number of anilines is 3. The highest BCUT2D eigenvalue weighted by molar-refractivity contribution is 5.98. The van der Waals surface area contributed by atoms with Crippen molar-refractivity contribution in [1.29, 1.82) is 0 Å². The van der Waals surface area contributed by atoms with Crippen LogP contribution in [0, 0.1) is 0 Å². The van der Waals surface area contributed by atoms with Crippen LogP contribution < -0.4 is 26.8 Å². The first-order valence-electron chi connectivity index (χ1n) is 14.3. The summed E-state index contributed by atoms with van der Waals surface area (Å²) in [5.74, 6) is 0.843. The number of nitrogens with zero attached hydrogens (tertiary/aromatic N) is 6. The molecule has 2 fully saturated rings. The van der Waals surface area contributed by atoms with E-state index in [4.69, 9.17) is 4.98 Å². The van der Waals surface area contributed by atoms with Gasteiger partial charge < -0.3 is 30.0 Å². The monoisotopic (exact) mass is 588 g/mol. The molecule has 5 heterocycles. The number of H-pyrrole nitrogens is 2. The maximum absolute atomic E-state index is 12.9. The third-order valence-electron chi connectivity index (χ3n) is 7.50. The minimum absolute atomic E-state index is 0.00502. The lowest BCUT2D eigenvalue weighted by atomic mass is 10.2. The zero-order valence-corrected chi connectivity index (χ0v) is 24.5. The average Bonchev–Trinajstić information content (AvgIpc) is 3.65. The molecule has 14 heteroatoms. The number of nitrogens with one attached hydrogen (secondary N) is 4. The third-order valence-corrected chi connectivity index (χ3v) is 7.50. The van der Waals surface area contributed by atoms with E-state index in [-0.39, 0.29) is 17.4 Å². The van der Waals surface area contributed by atoms with Gasteiger partial charge in [0.15, 0.2) is 5.78 Å². The lowest BCUT2D eigenvalue weighted by Crippen LogP contribution is -2.43. The van der Waals surface area contributed by atoms with Crippen molar-refractivity contribution in [2.75, 3.05) is 50.5 Å². The molecule has 4 aromatic rings. The van der Waals surface area contributed by atoms with Gasteiger partial charge in [0.05, 0.1) is 17.6 Å². The minimum Gasteiger partial charge on any atom is -0.368 e. The molecular weight excluding hydrogens is 552 g/mol. The summed E-state index contributed by atoms with van der Waals surface area (Å²) in [6.45, 7) is 5.23. The van der Waals surface area contributed by atoms with Crippen molar-refractivity contribution in [3.05, 3.63) is 68.9 Å². The summed E-state index contributed by atoms with van der Waals surface area (Å²) in [6.07, 6.45) is 8.18. The van der Waals surface area contributed by atoms with E-state index < -0.39 is 11.2 Å². The topological polar surface area (TPSA) is 174 Å². The van der Waals surface area contributed by atoms with Gasteiger partial charge in [-0.05, 0) is 31.0 Å². The van der Waals surface area contributed by atoms with Crippen LogP contribution >= 0.6 is 0 Å². The van der Waals surface area contributed by atoms with Gasteiger partial charge in [-0.25, -0.2) is 14.8 Å². The molecule has 1 aliphatic carbocycles. The van der Waals surface area contributed by atoms with Crippen LogP contribution in [0.2, 0.25) is 0 Å². The Labute approximate surface area is 247 Å². The van der Waals surface area contributed by atoms with Gasteiger partial charge in [0, 0.05) is 70.9 Å². The molecule has 1 saturated heterocycles. The van der Waals surface area contributed by atoms with Gasteiger partial charge in [-0.15, -0.1) is 0 Å². The fourth-order valence-corrected chi connectivity index (χ4v) is 5.34. The molecule has 4 N–H and O–H groups in total. The molecule has 0 spiro atoms. The number of fused-ring (bicyclic) bond motifs is 1. The van der Waals surface area contributed by atoms with E-state index in [0.29, 0.717) is 23.5 Å². The molecule has 4 aromatic heterocycles. The molecule has 1 aliphatic heterocycles. The number of ketones is 1. The number of carbonyl (C=O) groups is 2. The van der Waals surface area contributed by atoms with E-state index in [1.165, 1.54) is 19.8 Å². The van der Waals surface area contributed by atoms with Crippen molar-refractivity contribution in [2.24, 2.45) is 0 Å². The van der Waals surface area contributed by atoms with E-state index in [0.717, 1.165) is 61.8 Å². The molecule has 43 heavy (non-hydrogen) atoms. The largest absolute Gasteiger partial charge is 0.368 e. The number of aromatic nitrogens is 6. The summed E-state index contributed by atoms with van der Waals surface area (Å²) in [5.41, 5.74) is 1.40. The normalized spacial score (nSPS) is 15.2. The predicted molar refractivity (Wildman–Crippen MR) is 163 cm³/mol. The maximum atomic E-state index is 12.9. The number of pyridine rings is 1. The fraction of sp³-hybridized carbons (Fsp3) is 0.414. The van der Waals surface area contributed by atoms with E-state index >= 15 is 0 Å². The van der Waals surface area contributed by atoms with Crippen LogP contribution in [-0.2, 0) is 0 Å². The number of piperazine rings is 1. The van der Waals surface area contributed by atoms with Crippen LogP contribution in [0.3, 0.4) is 0 Å². The molecule has 1 amide bonds. The number of hydrogen-bond donors (Lipinski definition) is 4. The molecule has 6 rings (SSSR count). The Morgan fingerprint density at radius 1 is 1.00 bits per heavy atom. The van der Waals surface area contributed by atoms with Crippen molar-refractivity contribution < 1.29 is 9.59 Å². The summed E-state index contributed by atoms with van der Waals surface area (Å²) in [7, 11) is 3.57. The summed E-state index contributed by atoms with van der Waals surface area (Å²) >= 11 is 0. The summed E-state index contributed by atoms with van der Waals surface area (Å²) in [5, 5.41) is 7.48. The number of amides is 1. The van der Waals surface area contributed by atoms with Crippen molar-refractivity contribution in [2.45, 2.75) is 38.6 Å². The van der Waals surface area contributed by atoms with Crippen LogP contribution in [0.5, 0.6) is 0 Å². The molecular formula is C29H36N10O4. The summed E-state index contributed by atoms with van der Waals surface area (Å²) < 4.78 is 2.12. The Morgan fingerprint density at radius 3 is 2.37 bits per heavy atom. The number of carbonyl (C=O) groups excluding carboxylic acids is 2. The van der Waals surface area contributed by atoms with E-state index in [2.05, 4.69) is 41.1 Å². The van der Waals surface area contributed by atoms with Gasteiger partial charge in [0.1, 0.15) is 17.2 Å². The molecule has 14 nitrogen and oxygen atoms in total. The van der Waals surface area contributed by atoms with Crippen molar-refractivity contribution >= 4 is 40.2 Å². The van der Waals surface area contributed by atoms with Crippen LogP contribution in [0.1, 0.15) is 59.6 Å². The molecule has 2 aliphatic rings. The van der Waals surface area contributed by atoms with Crippen LogP contribution in [0.25, 0.3) is 11.0 Å². The third kappa shape index (κ3) is 6.97. The van der Waals surface area contributed by atoms with Crippen molar-refractivity contribution in [3.63, 3.8) is 0 Å². The highest BCUT2D eigenvalue weighted by atomic mass is 16.2. The molecule has 0 radical (unpaired) electrons. The first-order valence-corrected chi connectivity index (χ1v) is 14.3. The molecule has 1 saturated carbocycles. The van der Waals surface area contributed by atoms with Crippen molar-refractivity contribution in [1.82, 2.24) is 39.7 Å². The SMILES string of the molecule is CC(=O)c1cc(=O)[nH]c(=O)[nH]1.CN(C)C(=O)c1cc2cnc(Nc3ccc(N4CCNCC4)cn3)nc2n1C1CCCC1. The highest BCUT2D eigenvalue weighted by Gasteiger charge is 2.26. The zero-order valence-electron chi connectivity index (χ0n) is 24.5. The van der Waals surface area contributed by atoms with Crippen LogP contribution in [-0.4, -0.2) is 86.4 Å². The van der Waals surface area contributed by atoms with Gasteiger partial charge in [-0.1, -0.05) is 12.8 Å².